The van der Waals surface area contributed by atoms with Crippen molar-refractivity contribution in [3.63, 3.8) is 0 Å². The fourth-order valence-corrected chi connectivity index (χ4v) is 15.7. The van der Waals surface area contributed by atoms with E-state index in [2.05, 4.69) is 51.3 Å². The van der Waals surface area contributed by atoms with Crippen LogP contribution in [0.2, 0.25) is 0 Å². The van der Waals surface area contributed by atoms with Crippen molar-refractivity contribution >= 4 is 81.8 Å². The molecule has 12 heterocycles. The molecule has 110 heavy (non-hydrogen) atoms. The first-order chi connectivity index (χ1) is 52.7. The lowest BCUT2D eigenvalue weighted by molar-refractivity contribution is -0.0480. The maximum absolute atomic E-state index is 15.5. The third kappa shape index (κ3) is 15.8. The summed E-state index contributed by atoms with van der Waals surface area (Å²) < 4.78 is 98.6. The van der Waals surface area contributed by atoms with Crippen molar-refractivity contribution in [2.75, 3.05) is 35.5 Å². The standard InChI is InChI=1S/C27H26F2N4O3S.C27H28N4O4S.C25H19N5O4S.2CH4/c1-16(28)25-32-33-14-20(31-26(33)37-25)23-13-19-21(11-18(34-2)12-22(19)36-23)35-15-17-7-6-8-24(30-17)27(29)9-4-3-5-10-27;1-17-30-31-15-21(29-26(31)36-17)24-14-20-22(12-19(32-2)13-23(20)35-24)34-16-18-8-7-9-25(28-18)27(33-3)10-5-4-6-11-27;1-31-17-10-20(33-14-16-8-9-26-23(27-16)15-6-4-3-5-7-15)18-12-22(34-21(18)11-17)19-13-30-24(28-19)35-25(29-30)32-2;;/h6-8,11-14,16H,3-5,9-10,15H2,1-2H3;7-9,12-15H,4-6,10-11,16H2,1-3H3;3-13H,14H2,1-2H3;2*1H4/t16-;;;;/m0..../s1. The average Bonchev–Trinajstić information content (AvgIpc) is 1.59. The fraction of sp³-hybridized carbons (Fsp3) is 0.309. The van der Waals surface area contributed by atoms with Crippen LogP contribution in [0.25, 0.3) is 93.5 Å². The SMILES string of the molecule is C.C.COc1cc(OCc2cccc(C3(F)CCCCC3)n2)c2cc(-c3cn4nc([C@H](C)F)sc4n3)oc2c1.COc1cc(OCc2cccc(C3(OC)CCCCC3)n2)c2cc(-c3cn4nc(C)sc4n3)oc2c1.COc1cc(OCc2ccnc(-c3ccccc3)n2)c2cc(-c3cn4nc(OC)sc4n3)oc2c1. The van der Waals surface area contributed by atoms with E-state index in [4.69, 9.17) is 56.1 Å². The molecule has 2 saturated carbocycles. The summed E-state index contributed by atoms with van der Waals surface area (Å²) in [6, 6.07) is 39.9. The minimum absolute atomic E-state index is 0. The number of halogens is 2. The van der Waals surface area contributed by atoms with E-state index in [1.807, 2.05) is 116 Å². The summed E-state index contributed by atoms with van der Waals surface area (Å²) >= 11 is 4.09. The summed E-state index contributed by atoms with van der Waals surface area (Å²) in [5.74, 6) is 6.12. The molecular weight excluding hydrogens is 1470 g/mol. The van der Waals surface area contributed by atoms with Gasteiger partial charge in [-0.05, 0) is 112 Å². The molecule has 16 aromatic rings. The zero-order valence-electron chi connectivity index (χ0n) is 60.0. The van der Waals surface area contributed by atoms with Crippen LogP contribution in [0, 0.1) is 6.92 Å². The predicted molar refractivity (Wildman–Crippen MR) is 419 cm³/mol. The van der Waals surface area contributed by atoms with Crippen LogP contribution in [0.4, 0.5) is 8.78 Å². The lowest BCUT2D eigenvalue weighted by Gasteiger charge is -2.35. The molecule has 0 amide bonds. The molecular formula is C81H81F2N13O11S3. The Kier molecular flexibility index (Phi) is 22.2. The molecule has 4 aromatic carbocycles. The molecule has 0 N–H and O–H groups in total. The van der Waals surface area contributed by atoms with E-state index in [0.29, 0.717) is 137 Å². The number of aromatic nitrogens is 13. The van der Waals surface area contributed by atoms with Gasteiger partial charge in [0.1, 0.15) is 98.8 Å². The Hall–Kier alpha value is -11.4. The normalized spacial score (nSPS) is 14.2. The number of rotatable bonds is 21. The number of imidazole rings is 3. The van der Waals surface area contributed by atoms with E-state index in [0.717, 1.165) is 99.4 Å². The first-order valence-electron chi connectivity index (χ1n) is 35.2. The summed E-state index contributed by atoms with van der Waals surface area (Å²) in [5, 5.41) is 17.3. The maximum atomic E-state index is 15.5. The molecule has 2 fully saturated rings. The monoisotopic (exact) mass is 1550 g/mol. The maximum Gasteiger partial charge on any atom is 0.294 e. The second-order valence-corrected chi connectivity index (χ2v) is 29.2. The van der Waals surface area contributed by atoms with Crippen molar-refractivity contribution in [2.24, 2.45) is 0 Å². The van der Waals surface area contributed by atoms with Gasteiger partial charge in [0.2, 0.25) is 14.9 Å². The molecule has 1 atom stereocenters. The van der Waals surface area contributed by atoms with Gasteiger partial charge in [0.15, 0.2) is 40.0 Å². The molecule has 0 spiro atoms. The largest absolute Gasteiger partial charge is 0.496 e. The van der Waals surface area contributed by atoms with Crippen molar-refractivity contribution in [3.05, 3.63) is 191 Å². The van der Waals surface area contributed by atoms with Crippen LogP contribution in [0.5, 0.6) is 39.7 Å². The highest BCUT2D eigenvalue weighted by Crippen LogP contribution is 2.45. The number of ether oxygens (including phenoxy) is 8. The van der Waals surface area contributed by atoms with Gasteiger partial charge < -0.3 is 51.1 Å². The lowest BCUT2D eigenvalue weighted by atomic mass is 9.82. The zero-order chi connectivity index (χ0) is 74.0. The molecule has 24 nitrogen and oxygen atoms in total. The number of nitrogens with zero attached hydrogens (tertiary/aromatic N) is 13. The van der Waals surface area contributed by atoms with Gasteiger partial charge in [-0.3, -0.25) is 9.97 Å². The molecule has 0 radical (unpaired) electrons. The van der Waals surface area contributed by atoms with Gasteiger partial charge in [0.25, 0.3) is 5.19 Å². The van der Waals surface area contributed by atoms with E-state index in [-0.39, 0.29) is 33.7 Å². The van der Waals surface area contributed by atoms with E-state index >= 15 is 4.39 Å². The van der Waals surface area contributed by atoms with Crippen LogP contribution >= 0.6 is 34.0 Å². The van der Waals surface area contributed by atoms with Gasteiger partial charge in [-0.15, -0.1) is 5.10 Å². The summed E-state index contributed by atoms with van der Waals surface area (Å²) in [7, 11) is 8.18. The number of furan rings is 3. The molecule has 18 rings (SSSR count). The summed E-state index contributed by atoms with van der Waals surface area (Å²) in [4.78, 5) is 34.5. The highest BCUT2D eigenvalue weighted by molar-refractivity contribution is 7.18. The van der Waals surface area contributed by atoms with Crippen LogP contribution in [0.15, 0.2) is 165 Å². The van der Waals surface area contributed by atoms with Crippen LogP contribution in [0.3, 0.4) is 0 Å². The highest BCUT2D eigenvalue weighted by Gasteiger charge is 2.37. The minimum atomic E-state index is -1.37. The second kappa shape index (κ2) is 32.4. The van der Waals surface area contributed by atoms with Crippen LogP contribution in [-0.2, 0) is 35.8 Å². The first kappa shape index (κ1) is 75.4. The van der Waals surface area contributed by atoms with E-state index in [1.165, 1.54) is 36.0 Å². The average molecular weight is 1550 g/mol. The Labute approximate surface area is 643 Å². The fourth-order valence-electron chi connectivity index (χ4n) is 13.5. The number of hydrogen-bond acceptors (Lipinski definition) is 24. The van der Waals surface area contributed by atoms with Gasteiger partial charge in [-0.25, -0.2) is 47.2 Å². The number of benzene rings is 4. The molecule has 2 aliphatic carbocycles. The molecule has 0 bridgehead atoms. The molecule has 29 heteroatoms. The van der Waals surface area contributed by atoms with Gasteiger partial charge in [-0.1, -0.05) is 106 Å². The third-order valence-electron chi connectivity index (χ3n) is 19.0. The van der Waals surface area contributed by atoms with E-state index < -0.39 is 11.8 Å². The van der Waals surface area contributed by atoms with E-state index in [9.17, 15) is 4.39 Å². The smallest absolute Gasteiger partial charge is 0.294 e. The van der Waals surface area contributed by atoms with Crippen LogP contribution < -0.4 is 33.2 Å². The highest BCUT2D eigenvalue weighted by atomic mass is 32.1. The molecule has 12 aromatic heterocycles. The summed E-state index contributed by atoms with van der Waals surface area (Å²) in [6.45, 7) is 4.16. The molecule has 2 aliphatic rings. The second-order valence-electron chi connectivity index (χ2n) is 26.2. The van der Waals surface area contributed by atoms with Crippen LogP contribution in [-0.4, -0.2) is 99.3 Å². The summed E-state index contributed by atoms with van der Waals surface area (Å²) in [5.41, 5.74) is 6.83. The number of methoxy groups -OCH3 is 5. The Bertz CT molecular complexity index is 5770. The van der Waals surface area contributed by atoms with Crippen molar-refractivity contribution in [1.82, 2.24) is 63.7 Å². The van der Waals surface area contributed by atoms with Gasteiger partial charge in [0.05, 0.1) is 91.7 Å². The topological polar surface area (TPSA) is 255 Å². The van der Waals surface area contributed by atoms with Gasteiger partial charge >= 0.3 is 0 Å². The number of fused-ring (bicyclic) bond motifs is 6. The molecule has 0 saturated heterocycles. The van der Waals surface area contributed by atoms with Crippen molar-refractivity contribution in [1.29, 1.82) is 0 Å². The Morgan fingerprint density at radius 3 is 1.42 bits per heavy atom. The quantitative estimate of drug-likeness (QED) is 0.0648. The first-order valence-corrected chi connectivity index (χ1v) is 37.7. The third-order valence-corrected chi connectivity index (χ3v) is 21.8. The minimum Gasteiger partial charge on any atom is -0.496 e. The van der Waals surface area contributed by atoms with E-state index in [1.54, 1.807) is 97.2 Å². The lowest BCUT2D eigenvalue weighted by Crippen LogP contribution is -2.32. The molecule has 568 valence electrons. The van der Waals surface area contributed by atoms with Crippen molar-refractivity contribution in [3.8, 4) is 85.4 Å². The zero-order valence-corrected chi connectivity index (χ0v) is 62.4. The van der Waals surface area contributed by atoms with Gasteiger partial charge in [0, 0.05) is 55.3 Å². The number of hydrogen-bond donors (Lipinski definition) is 0. The Morgan fingerprint density at radius 2 is 0.945 bits per heavy atom. The Balaban J connectivity index is 0.000000136. The molecule has 0 aliphatic heterocycles. The number of pyridine rings is 2. The van der Waals surface area contributed by atoms with Crippen LogP contribution in [0.1, 0.15) is 131 Å². The van der Waals surface area contributed by atoms with Crippen molar-refractivity contribution < 1.29 is 59.9 Å². The Morgan fingerprint density at radius 1 is 0.482 bits per heavy atom. The summed E-state index contributed by atoms with van der Waals surface area (Å²) in [6.07, 6.45) is 15.4. The van der Waals surface area contributed by atoms with Crippen molar-refractivity contribution in [2.45, 2.75) is 130 Å². The van der Waals surface area contributed by atoms with Gasteiger partial charge in [-0.2, -0.15) is 10.2 Å². The number of alkyl halides is 2. The predicted octanol–water partition coefficient (Wildman–Crippen LogP) is 20.2. The number of aryl methyl sites for hydroxylation is 1. The molecule has 0 unspecified atom stereocenters.